The van der Waals surface area contributed by atoms with E-state index >= 15 is 0 Å². The minimum atomic E-state index is -0.364. The minimum Gasteiger partial charge on any atom is -0.484 e. The van der Waals surface area contributed by atoms with Crippen LogP contribution in [0.1, 0.15) is 36.7 Å². The zero-order valence-electron chi connectivity index (χ0n) is 15.4. The zero-order valence-corrected chi connectivity index (χ0v) is 16.9. The van der Waals surface area contributed by atoms with Crippen molar-refractivity contribution < 1.29 is 14.3 Å². The third-order valence-electron chi connectivity index (χ3n) is 3.43. The van der Waals surface area contributed by atoms with Gasteiger partial charge in [-0.05, 0) is 63.6 Å². The highest BCUT2D eigenvalue weighted by atomic mass is 79.9. The SMILES string of the molecule is Cc1cc(OCC(=O)Nc2ccccc2C(=O)NC(C)(C)C)ccc1Br. The van der Waals surface area contributed by atoms with Gasteiger partial charge in [0.05, 0.1) is 11.3 Å². The number of amides is 2. The van der Waals surface area contributed by atoms with Crippen LogP contribution >= 0.6 is 15.9 Å². The molecule has 5 nitrogen and oxygen atoms in total. The zero-order chi connectivity index (χ0) is 19.3. The summed E-state index contributed by atoms with van der Waals surface area (Å²) in [5, 5.41) is 5.63. The van der Waals surface area contributed by atoms with Crippen LogP contribution in [0, 0.1) is 6.92 Å². The number of anilines is 1. The molecule has 0 radical (unpaired) electrons. The number of halogens is 1. The largest absolute Gasteiger partial charge is 0.484 e. The van der Waals surface area contributed by atoms with Crippen molar-refractivity contribution in [2.45, 2.75) is 33.2 Å². The summed E-state index contributed by atoms with van der Waals surface area (Å²) in [6.45, 7) is 7.51. The van der Waals surface area contributed by atoms with Crippen LogP contribution in [0.5, 0.6) is 5.75 Å². The number of hydrogen-bond acceptors (Lipinski definition) is 3. The third-order valence-corrected chi connectivity index (χ3v) is 4.32. The number of hydrogen-bond donors (Lipinski definition) is 2. The van der Waals surface area contributed by atoms with Gasteiger partial charge in [-0.25, -0.2) is 0 Å². The first-order valence-corrected chi connectivity index (χ1v) is 9.05. The quantitative estimate of drug-likeness (QED) is 0.760. The number of ether oxygens (including phenoxy) is 1. The summed E-state index contributed by atoms with van der Waals surface area (Å²) in [6, 6.07) is 12.4. The Kier molecular flexibility index (Phi) is 6.42. The molecule has 2 aromatic rings. The highest BCUT2D eigenvalue weighted by molar-refractivity contribution is 9.10. The van der Waals surface area contributed by atoms with Gasteiger partial charge in [-0.3, -0.25) is 9.59 Å². The first-order chi connectivity index (χ1) is 12.2. The van der Waals surface area contributed by atoms with Crippen molar-refractivity contribution in [2.24, 2.45) is 0 Å². The Hall–Kier alpha value is -2.34. The van der Waals surface area contributed by atoms with Crippen LogP contribution < -0.4 is 15.4 Å². The smallest absolute Gasteiger partial charge is 0.262 e. The average molecular weight is 419 g/mol. The number of carbonyl (C=O) groups excluding carboxylic acids is 2. The number of carbonyl (C=O) groups is 2. The Morgan fingerprint density at radius 2 is 1.81 bits per heavy atom. The molecule has 0 unspecified atom stereocenters. The average Bonchev–Trinajstić information content (AvgIpc) is 2.55. The fourth-order valence-electron chi connectivity index (χ4n) is 2.24. The molecule has 0 aliphatic rings. The van der Waals surface area contributed by atoms with Gasteiger partial charge in [-0.1, -0.05) is 28.1 Å². The summed E-state index contributed by atoms with van der Waals surface area (Å²) in [7, 11) is 0. The van der Waals surface area contributed by atoms with Crippen LogP contribution in [-0.2, 0) is 4.79 Å². The normalized spacial score (nSPS) is 11.0. The lowest BCUT2D eigenvalue weighted by Gasteiger charge is -2.21. The predicted octanol–water partition coefficient (Wildman–Crippen LogP) is 4.30. The number of nitrogens with one attached hydrogen (secondary N) is 2. The molecule has 0 saturated carbocycles. The molecule has 138 valence electrons. The van der Waals surface area contributed by atoms with E-state index in [4.69, 9.17) is 4.74 Å². The van der Waals surface area contributed by atoms with Crippen molar-refractivity contribution >= 4 is 33.4 Å². The molecule has 0 heterocycles. The van der Waals surface area contributed by atoms with E-state index < -0.39 is 0 Å². The van der Waals surface area contributed by atoms with Gasteiger partial charge in [0, 0.05) is 10.0 Å². The Balaban J connectivity index is 2.02. The van der Waals surface area contributed by atoms with Crippen LogP contribution in [0.4, 0.5) is 5.69 Å². The van der Waals surface area contributed by atoms with Gasteiger partial charge >= 0.3 is 0 Å². The molecule has 0 aliphatic carbocycles. The van der Waals surface area contributed by atoms with Crippen LogP contribution in [0.15, 0.2) is 46.9 Å². The fraction of sp³-hybridized carbons (Fsp3) is 0.300. The van der Waals surface area contributed by atoms with E-state index in [0.717, 1.165) is 10.0 Å². The maximum absolute atomic E-state index is 12.4. The number of rotatable bonds is 5. The molecule has 2 aromatic carbocycles. The Bertz CT molecular complexity index is 813. The highest BCUT2D eigenvalue weighted by Gasteiger charge is 2.18. The second-order valence-electron chi connectivity index (χ2n) is 7.00. The molecule has 0 aromatic heterocycles. The van der Waals surface area contributed by atoms with Gasteiger partial charge in [0.25, 0.3) is 11.8 Å². The summed E-state index contributed by atoms with van der Waals surface area (Å²) in [6.07, 6.45) is 0. The molecule has 2 N–H and O–H groups in total. The number of para-hydroxylation sites is 1. The molecular weight excluding hydrogens is 396 g/mol. The molecule has 0 saturated heterocycles. The van der Waals surface area contributed by atoms with E-state index in [-0.39, 0.29) is 24.0 Å². The third kappa shape index (κ3) is 5.88. The molecule has 0 atom stereocenters. The van der Waals surface area contributed by atoms with Crippen molar-refractivity contribution in [2.75, 3.05) is 11.9 Å². The molecule has 0 aliphatic heterocycles. The van der Waals surface area contributed by atoms with Gasteiger partial charge in [-0.15, -0.1) is 0 Å². The standard InChI is InChI=1S/C20H23BrN2O3/c1-13-11-14(9-10-16(13)21)26-12-18(24)22-17-8-6-5-7-15(17)19(25)23-20(2,3)4/h5-11H,12H2,1-4H3,(H,22,24)(H,23,25). The lowest BCUT2D eigenvalue weighted by molar-refractivity contribution is -0.118. The van der Waals surface area contributed by atoms with Gasteiger partial charge < -0.3 is 15.4 Å². The highest BCUT2D eigenvalue weighted by Crippen LogP contribution is 2.22. The summed E-state index contributed by atoms with van der Waals surface area (Å²) in [5.41, 5.74) is 1.52. The van der Waals surface area contributed by atoms with Gasteiger partial charge in [0.1, 0.15) is 5.75 Å². The lowest BCUT2D eigenvalue weighted by atomic mass is 10.1. The van der Waals surface area contributed by atoms with Crippen LogP contribution in [0.25, 0.3) is 0 Å². The van der Waals surface area contributed by atoms with E-state index in [9.17, 15) is 9.59 Å². The first-order valence-electron chi connectivity index (χ1n) is 8.26. The second-order valence-corrected chi connectivity index (χ2v) is 7.85. The number of aryl methyl sites for hydroxylation is 1. The second kappa shape index (κ2) is 8.36. The summed E-state index contributed by atoms with van der Waals surface area (Å²) in [4.78, 5) is 24.6. The molecule has 0 spiro atoms. The topological polar surface area (TPSA) is 67.4 Å². The maximum Gasteiger partial charge on any atom is 0.262 e. The van der Waals surface area contributed by atoms with Crippen molar-refractivity contribution in [3.8, 4) is 5.75 Å². The van der Waals surface area contributed by atoms with E-state index in [2.05, 4.69) is 26.6 Å². The monoisotopic (exact) mass is 418 g/mol. The van der Waals surface area contributed by atoms with E-state index in [0.29, 0.717) is 17.0 Å². The van der Waals surface area contributed by atoms with E-state index in [1.54, 1.807) is 30.3 Å². The molecule has 0 fully saturated rings. The van der Waals surface area contributed by atoms with E-state index in [1.165, 1.54) is 0 Å². The van der Waals surface area contributed by atoms with Gasteiger partial charge in [-0.2, -0.15) is 0 Å². The summed E-state index contributed by atoms with van der Waals surface area (Å²) in [5.74, 6) is 0.0408. The molecule has 2 amide bonds. The Morgan fingerprint density at radius 3 is 2.46 bits per heavy atom. The summed E-state index contributed by atoms with van der Waals surface area (Å²) >= 11 is 3.42. The van der Waals surface area contributed by atoms with Crippen LogP contribution in [0.2, 0.25) is 0 Å². The van der Waals surface area contributed by atoms with Crippen molar-refractivity contribution in [3.63, 3.8) is 0 Å². The van der Waals surface area contributed by atoms with E-state index in [1.807, 2.05) is 39.8 Å². The summed E-state index contributed by atoms with van der Waals surface area (Å²) < 4.78 is 6.50. The van der Waals surface area contributed by atoms with Crippen molar-refractivity contribution in [1.29, 1.82) is 0 Å². The molecule has 6 heteroatoms. The lowest BCUT2D eigenvalue weighted by Crippen LogP contribution is -2.41. The molecular formula is C20H23BrN2O3. The number of benzene rings is 2. The maximum atomic E-state index is 12.4. The van der Waals surface area contributed by atoms with Gasteiger partial charge in [0.2, 0.25) is 0 Å². The Morgan fingerprint density at radius 1 is 1.12 bits per heavy atom. The van der Waals surface area contributed by atoms with Gasteiger partial charge in [0.15, 0.2) is 6.61 Å². The molecule has 26 heavy (non-hydrogen) atoms. The van der Waals surface area contributed by atoms with Crippen LogP contribution in [-0.4, -0.2) is 24.0 Å². The Labute approximate surface area is 162 Å². The van der Waals surface area contributed by atoms with Crippen molar-refractivity contribution in [1.82, 2.24) is 5.32 Å². The fourth-order valence-corrected chi connectivity index (χ4v) is 2.49. The van der Waals surface area contributed by atoms with Crippen LogP contribution in [0.3, 0.4) is 0 Å². The van der Waals surface area contributed by atoms with Crippen molar-refractivity contribution in [3.05, 3.63) is 58.1 Å². The first kappa shape index (κ1) is 20.0. The predicted molar refractivity (Wildman–Crippen MR) is 107 cm³/mol. The molecule has 0 bridgehead atoms. The minimum absolute atomic E-state index is 0.143. The molecule has 2 rings (SSSR count).